The van der Waals surface area contributed by atoms with Crippen molar-refractivity contribution in [3.05, 3.63) is 53.6 Å². The second-order valence-electron chi connectivity index (χ2n) is 3.08. The van der Waals surface area contributed by atoms with Crippen LogP contribution in [0.15, 0.2) is 42.5 Å². The lowest BCUT2D eigenvalue weighted by Crippen LogP contribution is -2.04. The summed E-state index contributed by atoms with van der Waals surface area (Å²) in [4.78, 5) is 15.0. The first-order chi connectivity index (χ1) is 11.1. The van der Waals surface area contributed by atoms with E-state index in [0.29, 0.717) is 0 Å². The maximum Gasteiger partial charge on any atom is 0.339 e. The summed E-state index contributed by atoms with van der Waals surface area (Å²) in [7, 11) is 0. The molecule has 86 valence electrons. The number of hydrogen-bond donors (Lipinski definition) is 2. The van der Waals surface area contributed by atoms with Crippen LogP contribution >= 0.6 is 0 Å². The van der Waals surface area contributed by atoms with Crippen LogP contribution in [0.4, 0.5) is 11.5 Å². The molecule has 0 aliphatic rings. The molecule has 0 radical (unpaired) electrons. The maximum absolute atomic E-state index is 11.2. The first kappa shape index (κ1) is 5.31. The van der Waals surface area contributed by atoms with Gasteiger partial charge < -0.3 is 10.4 Å². The fourth-order valence-corrected chi connectivity index (χ4v) is 1.20. The summed E-state index contributed by atoms with van der Waals surface area (Å²) in [6.45, 7) is -2.84. The maximum atomic E-state index is 11.2. The van der Waals surface area contributed by atoms with Crippen molar-refractivity contribution in [2.45, 2.75) is 6.85 Å². The summed E-state index contributed by atoms with van der Waals surface area (Å²) in [5.74, 6) is -1.54. The lowest BCUT2D eigenvalue weighted by molar-refractivity contribution is 0.0697. The molecule has 1 heterocycles. The Morgan fingerprint density at radius 2 is 2.35 bits per heavy atom. The zero-order valence-corrected chi connectivity index (χ0v) is 8.53. The molecule has 2 aromatic rings. The third kappa shape index (κ3) is 2.42. The molecule has 0 atom stereocenters. The van der Waals surface area contributed by atoms with Crippen LogP contribution in [0.25, 0.3) is 0 Å². The lowest BCUT2D eigenvalue weighted by atomic mass is 10.2. The second kappa shape index (κ2) is 4.65. The topological polar surface area (TPSA) is 62.2 Å². The van der Waals surface area contributed by atoms with E-state index in [2.05, 4.69) is 10.3 Å². The smallest absolute Gasteiger partial charge is 0.339 e. The van der Waals surface area contributed by atoms with Crippen LogP contribution < -0.4 is 5.32 Å². The minimum absolute atomic E-state index is 0.222. The van der Waals surface area contributed by atoms with E-state index in [1.165, 1.54) is 18.3 Å². The average Bonchev–Trinajstić information content (AvgIpc) is 2.49. The van der Waals surface area contributed by atoms with Crippen molar-refractivity contribution in [2.75, 3.05) is 5.32 Å². The number of hydrogen-bond acceptors (Lipinski definition) is 3. The fourth-order valence-electron chi connectivity index (χ4n) is 1.20. The number of anilines is 2. The summed E-state index contributed by atoms with van der Waals surface area (Å²) in [6, 6.07) is -0.0484. The summed E-state index contributed by atoms with van der Waals surface area (Å²) >= 11 is 0. The Morgan fingerprint density at radius 3 is 3.12 bits per heavy atom. The second-order valence-corrected chi connectivity index (χ2v) is 3.08. The van der Waals surface area contributed by atoms with E-state index in [4.69, 9.17) is 14.7 Å². The Labute approximate surface area is 109 Å². The number of aromatic nitrogens is 1. The normalized spacial score (nSPS) is 16.6. The molecule has 0 unspecified atom stereocenters. The number of carboxylic acids is 1. The van der Waals surface area contributed by atoms with Gasteiger partial charge in [-0.25, -0.2) is 9.78 Å². The predicted octanol–water partition coefficient (Wildman–Crippen LogP) is 2.83. The van der Waals surface area contributed by atoms with E-state index in [-0.39, 0.29) is 11.4 Å². The largest absolute Gasteiger partial charge is 0.478 e. The Morgan fingerprint density at radius 1 is 1.53 bits per heavy atom. The zero-order chi connectivity index (χ0) is 18.2. The summed E-state index contributed by atoms with van der Waals surface area (Å²) in [5.41, 5.74) is -1.32. The molecule has 1 aromatic heterocycles. The first-order valence-corrected chi connectivity index (χ1v) is 4.61. The number of nitrogens with zero attached hydrogens (tertiary/aromatic N) is 1. The van der Waals surface area contributed by atoms with Gasteiger partial charge in [-0.3, -0.25) is 0 Å². The number of para-hydroxylation sites is 1. The highest BCUT2D eigenvalue weighted by atomic mass is 16.4. The van der Waals surface area contributed by atoms with Crippen LogP contribution in [0.5, 0.6) is 0 Å². The van der Waals surface area contributed by atoms with Crippen LogP contribution in [0.2, 0.25) is 0 Å². The molecule has 4 heteroatoms. The van der Waals surface area contributed by atoms with E-state index < -0.39 is 48.2 Å². The number of pyridine rings is 1. The molecular weight excluding hydrogens is 216 g/mol. The monoisotopic (exact) mass is 235 g/mol. The molecule has 0 saturated heterocycles. The molecule has 0 fully saturated rings. The number of rotatable bonds is 3. The Balaban J connectivity index is 2.74. The minimum Gasteiger partial charge on any atom is -0.478 e. The summed E-state index contributed by atoms with van der Waals surface area (Å²) < 4.78 is 53.6. The molecule has 0 bridgehead atoms. The summed E-state index contributed by atoms with van der Waals surface area (Å²) in [5, 5.41) is 11.6. The zero-order valence-electron chi connectivity index (χ0n) is 15.5. The van der Waals surface area contributed by atoms with Gasteiger partial charge in [0.25, 0.3) is 0 Å². The molecule has 1 aromatic carbocycles. The van der Waals surface area contributed by atoms with Gasteiger partial charge in [-0.15, -0.1) is 0 Å². The first-order valence-electron chi connectivity index (χ1n) is 8.11. The van der Waals surface area contributed by atoms with Crippen LogP contribution in [0.1, 0.15) is 25.5 Å². The van der Waals surface area contributed by atoms with E-state index >= 15 is 0 Å². The van der Waals surface area contributed by atoms with Crippen molar-refractivity contribution in [3.8, 4) is 0 Å². The molecule has 2 N–H and O–H groups in total. The van der Waals surface area contributed by atoms with Gasteiger partial charge in [0.1, 0.15) is 11.4 Å². The van der Waals surface area contributed by atoms with Gasteiger partial charge in [0.2, 0.25) is 0 Å². The number of carboxylic acid groups (broad SMARTS) is 1. The van der Waals surface area contributed by atoms with Crippen molar-refractivity contribution in [1.82, 2.24) is 4.98 Å². The summed E-state index contributed by atoms with van der Waals surface area (Å²) in [6.07, 6.45) is 1.27. The molecule has 0 aliphatic heterocycles. The van der Waals surface area contributed by atoms with Crippen molar-refractivity contribution < 1.29 is 19.5 Å². The fraction of sp³-hybridized carbons (Fsp3) is 0.0769. The molecule has 4 nitrogen and oxygen atoms in total. The Bertz CT molecular complexity index is 821. The van der Waals surface area contributed by atoms with Gasteiger partial charge in [-0.2, -0.15) is 0 Å². The number of carbonyl (C=O) groups is 1. The van der Waals surface area contributed by atoms with Gasteiger partial charge in [0.05, 0.1) is 5.48 Å². The van der Waals surface area contributed by atoms with E-state index in [0.717, 1.165) is 0 Å². The number of aromatic carboxylic acids is 1. The van der Waals surface area contributed by atoms with E-state index in [9.17, 15) is 4.79 Å². The highest BCUT2D eigenvalue weighted by molar-refractivity contribution is 5.93. The van der Waals surface area contributed by atoms with Gasteiger partial charge >= 0.3 is 5.97 Å². The minimum atomic E-state index is -2.84. The molecule has 2 rings (SSSR count). The Kier molecular flexibility index (Phi) is 1.45. The molecule has 0 amide bonds. The lowest BCUT2D eigenvalue weighted by Gasteiger charge is -2.10. The third-order valence-corrected chi connectivity index (χ3v) is 1.97. The molecular formula is C13H12N2O2. The standard InChI is InChI=1S/C13H12N2O2/c1-9-5-2-3-7-11(9)15-12-10(13(16)17)6-4-8-14-12/h2-8H,1H3,(H,14,15)(H,16,17)/i1D3,2D,3D,5D,7D. The van der Waals surface area contributed by atoms with Crippen LogP contribution in [0.3, 0.4) is 0 Å². The number of nitrogens with one attached hydrogen (secondary N) is 1. The average molecular weight is 235 g/mol. The van der Waals surface area contributed by atoms with Crippen LogP contribution in [-0.4, -0.2) is 16.1 Å². The van der Waals surface area contributed by atoms with Gasteiger partial charge in [0.15, 0.2) is 0 Å². The SMILES string of the molecule is [2H]c1c([2H])c([2H])c(C([2H])([2H])[2H])c(Nc2ncccc2C(=O)O)c1[2H]. The van der Waals surface area contributed by atoms with E-state index in [1.807, 2.05) is 0 Å². The Hall–Kier alpha value is -2.36. The highest BCUT2D eigenvalue weighted by Crippen LogP contribution is 2.21. The third-order valence-electron chi connectivity index (χ3n) is 1.97. The van der Waals surface area contributed by atoms with Gasteiger partial charge in [-0.05, 0) is 30.6 Å². The molecule has 0 spiro atoms. The van der Waals surface area contributed by atoms with Crippen molar-refractivity contribution in [3.63, 3.8) is 0 Å². The number of benzene rings is 1. The van der Waals surface area contributed by atoms with Crippen LogP contribution in [-0.2, 0) is 0 Å². The van der Waals surface area contributed by atoms with Gasteiger partial charge in [-0.1, -0.05) is 18.1 Å². The van der Waals surface area contributed by atoms with E-state index in [1.54, 1.807) is 0 Å². The predicted molar refractivity (Wildman–Crippen MR) is 65.7 cm³/mol. The van der Waals surface area contributed by atoms with Gasteiger partial charge in [0, 0.05) is 16.0 Å². The van der Waals surface area contributed by atoms with Crippen LogP contribution in [0, 0.1) is 6.85 Å². The quantitative estimate of drug-likeness (QED) is 0.858. The van der Waals surface area contributed by atoms with Crippen molar-refractivity contribution in [2.24, 2.45) is 0 Å². The molecule has 0 saturated carbocycles. The van der Waals surface area contributed by atoms with Crippen molar-refractivity contribution in [1.29, 1.82) is 0 Å². The van der Waals surface area contributed by atoms with Crippen molar-refractivity contribution >= 4 is 17.5 Å². The molecule has 17 heavy (non-hydrogen) atoms. The molecule has 0 aliphatic carbocycles. The highest BCUT2D eigenvalue weighted by Gasteiger charge is 2.10.